The minimum absolute atomic E-state index is 0.683. The third-order valence-electron chi connectivity index (χ3n) is 3.71. The average molecular weight is 295 g/mol. The fourth-order valence-corrected chi connectivity index (χ4v) is 3.81. The van der Waals surface area contributed by atoms with Crippen LogP contribution in [0.4, 0.5) is 0 Å². The van der Waals surface area contributed by atoms with Gasteiger partial charge in [0, 0.05) is 31.1 Å². The summed E-state index contributed by atoms with van der Waals surface area (Å²) in [5.74, 6) is 0.713. The molecular formula is C16H29N3S. The minimum atomic E-state index is 0.683. The molecule has 0 amide bonds. The van der Waals surface area contributed by atoms with Gasteiger partial charge in [0.1, 0.15) is 0 Å². The van der Waals surface area contributed by atoms with Crippen molar-refractivity contribution in [2.45, 2.75) is 59.0 Å². The molecule has 20 heavy (non-hydrogen) atoms. The molecule has 2 heterocycles. The highest BCUT2D eigenvalue weighted by molar-refractivity contribution is 7.09. The molecule has 1 aromatic rings. The van der Waals surface area contributed by atoms with E-state index in [2.05, 4.69) is 36.4 Å². The Balaban J connectivity index is 1.90. The zero-order chi connectivity index (χ0) is 14.4. The fourth-order valence-electron chi connectivity index (χ4n) is 2.92. The summed E-state index contributed by atoms with van der Waals surface area (Å²) >= 11 is 1.82. The highest BCUT2D eigenvalue weighted by Gasteiger charge is 2.19. The molecule has 0 saturated carbocycles. The molecule has 0 aromatic carbocycles. The number of aryl methyl sites for hydroxylation is 1. The van der Waals surface area contributed by atoms with Crippen molar-refractivity contribution in [1.82, 2.24) is 15.2 Å². The molecular weight excluding hydrogens is 266 g/mol. The zero-order valence-corrected chi connectivity index (χ0v) is 14.0. The van der Waals surface area contributed by atoms with Gasteiger partial charge >= 0.3 is 0 Å². The van der Waals surface area contributed by atoms with Crippen LogP contribution >= 0.6 is 11.3 Å². The van der Waals surface area contributed by atoms with Gasteiger partial charge in [-0.15, -0.1) is 11.3 Å². The molecule has 114 valence electrons. The molecule has 1 aliphatic rings. The first-order chi connectivity index (χ1) is 9.67. The van der Waals surface area contributed by atoms with E-state index < -0.39 is 0 Å². The quantitative estimate of drug-likeness (QED) is 0.797. The Labute approximate surface area is 127 Å². The van der Waals surface area contributed by atoms with Crippen molar-refractivity contribution < 1.29 is 0 Å². The average Bonchev–Trinajstić information content (AvgIpc) is 3.01. The lowest BCUT2D eigenvalue weighted by Gasteiger charge is -2.26. The largest absolute Gasteiger partial charge is 0.313 e. The predicted octanol–water partition coefficient (Wildman–Crippen LogP) is 3.31. The highest BCUT2D eigenvalue weighted by Crippen LogP contribution is 2.16. The number of aromatic nitrogens is 1. The Morgan fingerprint density at radius 1 is 1.50 bits per heavy atom. The Hall–Kier alpha value is -0.450. The second kappa shape index (κ2) is 8.11. The van der Waals surface area contributed by atoms with Crippen LogP contribution in [-0.4, -0.2) is 35.6 Å². The normalized spacial score (nSPS) is 19.4. The summed E-state index contributed by atoms with van der Waals surface area (Å²) in [7, 11) is 0. The first-order valence-corrected chi connectivity index (χ1v) is 8.94. The molecule has 0 radical (unpaired) electrons. The predicted molar refractivity (Wildman–Crippen MR) is 87.2 cm³/mol. The van der Waals surface area contributed by atoms with Crippen molar-refractivity contribution in [2.24, 2.45) is 5.92 Å². The molecule has 0 spiro atoms. The van der Waals surface area contributed by atoms with Crippen LogP contribution in [0.1, 0.15) is 50.7 Å². The van der Waals surface area contributed by atoms with Crippen molar-refractivity contribution >= 4 is 11.3 Å². The monoisotopic (exact) mass is 295 g/mol. The first kappa shape index (κ1) is 15.9. The van der Waals surface area contributed by atoms with E-state index in [4.69, 9.17) is 4.98 Å². The number of thiazole rings is 1. The van der Waals surface area contributed by atoms with Crippen LogP contribution in [0.15, 0.2) is 5.38 Å². The van der Waals surface area contributed by atoms with Crippen LogP contribution in [0.25, 0.3) is 0 Å². The van der Waals surface area contributed by atoms with Gasteiger partial charge in [-0.25, -0.2) is 4.98 Å². The van der Waals surface area contributed by atoms with E-state index in [-0.39, 0.29) is 0 Å². The van der Waals surface area contributed by atoms with E-state index >= 15 is 0 Å². The van der Waals surface area contributed by atoms with Crippen LogP contribution in [0.2, 0.25) is 0 Å². The van der Waals surface area contributed by atoms with Gasteiger partial charge in [0.15, 0.2) is 0 Å². The van der Waals surface area contributed by atoms with Crippen molar-refractivity contribution in [2.75, 3.05) is 19.6 Å². The second-order valence-electron chi connectivity index (χ2n) is 6.36. The van der Waals surface area contributed by atoms with Gasteiger partial charge in [-0.3, -0.25) is 4.90 Å². The maximum atomic E-state index is 4.78. The molecule has 4 heteroatoms. The maximum absolute atomic E-state index is 4.78. The third-order valence-corrected chi connectivity index (χ3v) is 4.67. The zero-order valence-electron chi connectivity index (χ0n) is 13.2. The van der Waals surface area contributed by atoms with E-state index in [1.54, 1.807) is 0 Å². The van der Waals surface area contributed by atoms with Gasteiger partial charge in [0.2, 0.25) is 0 Å². The van der Waals surface area contributed by atoms with Gasteiger partial charge < -0.3 is 5.32 Å². The molecule has 3 nitrogen and oxygen atoms in total. The van der Waals surface area contributed by atoms with Gasteiger partial charge in [-0.05, 0) is 38.1 Å². The molecule has 1 unspecified atom stereocenters. The summed E-state index contributed by atoms with van der Waals surface area (Å²) in [6.45, 7) is 11.4. The molecule has 1 atom stereocenters. The third kappa shape index (κ3) is 5.15. The summed E-state index contributed by atoms with van der Waals surface area (Å²) in [6, 6.07) is 0.683. The van der Waals surface area contributed by atoms with Crippen molar-refractivity contribution in [1.29, 1.82) is 0 Å². The van der Waals surface area contributed by atoms with E-state index in [1.807, 2.05) is 11.3 Å². The molecule has 0 aliphatic carbocycles. The summed E-state index contributed by atoms with van der Waals surface area (Å²) in [5.41, 5.74) is 1.26. The van der Waals surface area contributed by atoms with Gasteiger partial charge in [-0.1, -0.05) is 20.8 Å². The molecule has 1 saturated heterocycles. The maximum Gasteiger partial charge on any atom is 0.0928 e. The smallest absolute Gasteiger partial charge is 0.0928 e. The molecule has 1 aromatic heterocycles. The SMILES string of the molecule is CCCc1nc(CN(CC(C)C)CC2CCCN2)cs1. The van der Waals surface area contributed by atoms with E-state index in [1.165, 1.54) is 49.6 Å². The van der Waals surface area contributed by atoms with Crippen molar-refractivity contribution in [3.05, 3.63) is 16.1 Å². The summed E-state index contributed by atoms with van der Waals surface area (Å²) < 4.78 is 0. The van der Waals surface area contributed by atoms with Crippen LogP contribution in [0.3, 0.4) is 0 Å². The van der Waals surface area contributed by atoms with Crippen molar-refractivity contribution in [3.8, 4) is 0 Å². The number of nitrogens with zero attached hydrogens (tertiary/aromatic N) is 2. The highest BCUT2D eigenvalue weighted by atomic mass is 32.1. The Bertz CT molecular complexity index is 383. The fraction of sp³-hybridized carbons (Fsp3) is 0.812. The van der Waals surface area contributed by atoms with E-state index in [0.717, 1.165) is 13.0 Å². The topological polar surface area (TPSA) is 28.2 Å². The molecule has 1 fully saturated rings. The van der Waals surface area contributed by atoms with E-state index in [9.17, 15) is 0 Å². The van der Waals surface area contributed by atoms with Crippen LogP contribution < -0.4 is 5.32 Å². The van der Waals surface area contributed by atoms with Crippen molar-refractivity contribution in [3.63, 3.8) is 0 Å². The van der Waals surface area contributed by atoms with Crippen LogP contribution in [-0.2, 0) is 13.0 Å². The molecule has 1 N–H and O–H groups in total. The lowest BCUT2D eigenvalue weighted by Crippen LogP contribution is -2.39. The second-order valence-corrected chi connectivity index (χ2v) is 7.31. The van der Waals surface area contributed by atoms with E-state index in [0.29, 0.717) is 12.0 Å². The number of hydrogen-bond acceptors (Lipinski definition) is 4. The number of nitrogens with one attached hydrogen (secondary N) is 1. The van der Waals surface area contributed by atoms with Gasteiger partial charge in [0.05, 0.1) is 10.7 Å². The standard InChI is InChI=1S/C16H29N3S/c1-4-6-16-18-15(12-20-16)11-19(9-13(2)3)10-14-7-5-8-17-14/h12-14,17H,4-11H2,1-3H3. The Morgan fingerprint density at radius 2 is 2.35 bits per heavy atom. The number of hydrogen-bond donors (Lipinski definition) is 1. The summed E-state index contributed by atoms with van der Waals surface area (Å²) in [5, 5.41) is 7.16. The summed E-state index contributed by atoms with van der Waals surface area (Å²) in [4.78, 5) is 7.36. The lowest BCUT2D eigenvalue weighted by atomic mass is 10.1. The molecule has 2 rings (SSSR count). The minimum Gasteiger partial charge on any atom is -0.313 e. The van der Waals surface area contributed by atoms with Crippen LogP contribution in [0, 0.1) is 5.92 Å². The van der Waals surface area contributed by atoms with Gasteiger partial charge in [0.25, 0.3) is 0 Å². The molecule has 0 bridgehead atoms. The Kier molecular flexibility index (Phi) is 6.46. The summed E-state index contributed by atoms with van der Waals surface area (Å²) in [6.07, 6.45) is 4.97. The number of rotatable bonds is 8. The first-order valence-electron chi connectivity index (χ1n) is 8.06. The van der Waals surface area contributed by atoms with Crippen LogP contribution in [0.5, 0.6) is 0 Å². The Morgan fingerprint density at radius 3 is 3.00 bits per heavy atom. The lowest BCUT2D eigenvalue weighted by molar-refractivity contribution is 0.214. The van der Waals surface area contributed by atoms with Gasteiger partial charge in [-0.2, -0.15) is 0 Å². The molecule has 1 aliphatic heterocycles.